The Balaban J connectivity index is 1.38. The first-order valence-corrected chi connectivity index (χ1v) is 16.3. The van der Waals surface area contributed by atoms with Gasteiger partial charge in [0, 0.05) is 56.2 Å². The van der Waals surface area contributed by atoms with Gasteiger partial charge in [0.1, 0.15) is 5.82 Å². The fraction of sp³-hybridized carbons (Fsp3) is 0.500. The second-order valence-electron chi connectivity index (χ2n) is 12.0. The Hall–Kier alpha value is -3.58. The normalized spacial score (nSPS) is 19.4. The number of fused-ring (bicyclic) bond motifs is 1. The monoisotopic (exact) mass is 614 g/mol. The van der Waals surface area contributed by atoms with Crippen LogP contribution in [0, 0.1) is 12.3 Å². The van der Waals surface area contributed by atoms with Gasteiger partial charge in [-0.3, -0.25) is 9.52 Å². The van der Waals surface area contributed by atoms with E-state index in [1.165, 1.54) is 12.8 Å². The molecule has 2 aromatic carbocycles. The summed E-state index contributed by atoms with van der Waals surface area (Å²) in [4.78, 5) is 26.9. The molecule has 0 radical (unpaired) electrons. The number of aryl methyl sites for hydroxylation is 1. The summed E-state index contributed by atoms with van der Waals surface area (Å²) in [6.45, 7) is 2.94. The van der Waals surface area contributed by atoms with Crippen LogP contribution in [-0.4, -0.2) is 73.9 Å². The van der Waals surface area contributed by atoms with Crippen LogP contribution >= 0.6 is 0 Å². The first-order chi connectivity index (χ1) is 20.5. The highest BCUT2D eigenvalue weighted by Gasteiger charge is 2.45. The second-order valence-corrected chi connectivity index (χ2v) is 13.8. The number of aromatic nitrogens is 2. The highest BCUT2D eigenvalue weighted by molar-refractivity contribution is 7.92. The molecule has 3 heterocycles. The van der Waals surface area contributed by atoms with Gasteiger partial charge in [0.25, 0.3) is 11.8 Å². The third-order valence-corrected chi connectivity index (χ3v) is 10.1. The first-order valence-electron chi connectivity index (χ1n) is 14.7. The van der Waals surface area contributed by atoms with Crippen LogP contribution in [0.5, 0.6) is 0 Å². The highest BCUT2D eigenvalue weighted by atomic mass is 32.2. The lowest BCUT2D eigenvalue weighted by Gasteiger charge is -2.35. The minimum atomic E-state index is -3.83. The number of aliphatic hydroxyl groups is 1. The fourth-order valence-corrected chi connectivity index (χ4v) is 6.99. The van der Waals surface area contributed by atoms with Crippen molar-refractivity contribution < 1.29 is 27.1 Å². The van der Waals surface area contributed by atoms with E-state index in [1.54, 1.807) is 48.2 Å². The van der Waals surface area contributed by atoms with E-state index in [0.717, 1.165) is 25.9 Å². The summed E-state index contributed by atoms with van der Waals surface area (Å²) in [5.41, 5.74) is 2.31. The van der Waals surface area contributed by atoms with Crippen molar-refractivity contribution in [2.75, 3.05) is 58.4 Å². The summed E-state index contributed by atoms with van der Waals surface area (Å²) in [6.07, 6.45) is 3.84. The standard InChI is InChI=1S/C30H36F2N6O4S/c1-20-18-25(35-28(33-20)38-14-10-30(31,32)11-15-38)34-27(40)26-22-5-3-2-4-21(22)23(36-43(41,42)17-16-39)19-24(26)37-12-8-29(6-7-29)9-13-37/h2-5,18-19,36,39H,6-17H2,1H3,(H,33,34,35,40). The topological polar surface area (TPSA) is 128 Å². The number of hydrogen-bond acceptors (Lipinski definition) is 8. The van der Waals surface area contributed by atoms with Gasteiger partial charge in [-0.1, -0.05) is 24.3 Å². The molecule has 3 fully saturated rings. The Morgan fingerprint density at radius 1 is 0.953 bits per heavy atom. The van der Waals surface area contributed by atoms with Crippen LogP contribution in [0.15, 0.2) is 36.4 Å². The van der Waals surface area contributed by atoms with Crippen LogP contribution in [0.2, 0.25) is 0 Å². The molecule has 1 saturated carbocycles. The number of nitrogens with zero attached hydrogens (tertiary/aromatic N) is 4. The lowest BCUT2D eigenvalue weighted by molar-refractivity contribution is -0.0222. The summed E-state index contributed by atoms with van der Waals surface area (Å²) in [5, 5.41) is 13.3. The van der Waals surface area contributed by atoms with Crippen molar-refractivity contribution in [1.82, 2.24) is 9.97 Å². The van der Waals surface area contributed by atoms with Crippen LogP contribution in [0.25, 0.3) is 10.8 Å². The Labute approximate surface area is 249 Å². The summed E-state index contributed by atoms with van der Waals surface area (Å²) in [6, 6.07) is 10.4. The van der Waals surface area contributed by atoms with Gasteiger partial charge in [0.05, 0.1) is 29.3 Å². The van der Waals surface area contributed by atoms with E-state index in [9.17, 15) is 27.1 Å². The SMILES string of the molecule is Cc1cc(NC(=O)c2c(N3CCC4(CC3)CC4)cc(NS(=O)(=O)CCO)c3ccccc23)nc(N2CCC(F)(F)CC2)n1. The number of aliphatic hydroxyl groups excluding tert-OH is 1. The molecule has 3 N–H and O–H groups in total. The second kappa shape index (κ2) is 11.2. The van der Waals surface area contributed by atoms with Gasteiger partial charge in [-0.15, -0.1) is 0 Å². The van der Waals surface area contributed by atoms with Crippen LogP contribution in [0.3, 0.4) is 0 Å². The summed E-state index contributed by atoms with van der Waals surface area (Å²) in [7, 11) is -3.83. The zero-order valence-corrected chi connectivity index (χ0v) is 24.9. The lowest BCUT2D eigenvalue weighted by atomic mass is 9.92. The van der Waals surface area contributed by atoms with Gasteiger partial charge in [0.2, 0.25) is 16.0 Å². The number of amides is 1. The first kappa shape index (κ1) is 29.5. The molecular formula is C30H36F2N6O4S. The molecule has 3 aliphatic rings. The maximum atomic E-state index is 14.1. The van der Waals surface area contributed by atoms with E-state index in [-0.39, 0.29) is 37.7 Å². The lowest BCUT2D eigenvalue weighted by Crippen LogP contribution is -2.40. The molecule has 2 saturated heterocycles. The number of sulfonamides is 1. The van der Waals surface area contributed by atoms with Gasteiger partial charge in [-0.05, 0) is 49.5 Å². The third-order valence-electron chi connectivity index (χ3n) is 8.86. The maximum Gasteiger partial charge on any atom is 0.259 e. The molecule has 1 aromatic heterocycles. The van der Waals surface area contributed by atoms with E-state index >= 15 is 0 Å². The minimum absolute atomic E-state index is 0.114. The van der Waals surface area contributed by atoms with Crippen molar-refractivity contribution in [1.29, 1.82) is 0 Å². The molecule has 43 heavy (non-hydrogen) atoms. The maximum absolute atomic E-state index is 14.1. The third kappa shape index (κ3) is 6.37. The van der Waals surface area contributed by atoms with Gasteiger partial charge in [0.15, 0.2) is 0 Å². The zero-order valence-electron chi connectivity index (χ0n) is 24.1. The Bertz CT molecular complexity index is 1640. The number of carbonyl (C=O) groups is 1. The Kier molecular flexibility index (Phi) is 7.66. The Morgan fingerprint density at radius 3 is 2.26 bits per heavy atom. The fourth-order valence-electron chi connectivity index (χ4n) is 6.14. The molecule has 0 atom stereocenters. The van der Waals surface area contributed by atoms with Crippen molar-refractivity contribution in [2.45, 2.75) is 51.4 Å². The summed E-state index contributed by atoms with van der Waals surface area (Å²) >= 11 is 0. The number of halogens is 2. The number of hydrogen-bond donors (Lipinski definition) is 3. The molecule has 2 aliphatic heterocycles. The largest absolute Gasteiger partial charge is 0.395 e. The number of piperidine rings is 2. The molecule has 10 nitrogen and oxygen atoms in total. The van der Waals surface area contributed by atoms with Gasteiger partial charge >= 0.3 is 0 Å². The number of benzene rings is 2. The molecule has 13 heteroatoms. The number of rotatable bonds is 8. The molecular weight excluding hydrogens is 578 g/mol. The smallest absolute Gasteiger partial charge is 0.259 e. The van der Waals surface area contributed by atoms with Gasteiger partial charge < -0.3 is 20.2 Å². The van der Waals surface area contributed by atoms with Crippen LogP contribution < -0.4 is 19.8 Å². The molecule has 6 rings (SSSR count). The molecule has 1 amide bonds. The van der Waals surface area contributed by atoms with E-state index in [0.29, 0.717) is 38.8 Å². The van der Waals surface area contributed by atoms with Gasteiger partial charge in [-0.25, -0.2) is 22.2 Å². The zero-order chi connectivity index (χ0) is 30.4. The van der Waals surface area contributed by atoms with E-state index in [2.05, 4.69) is 24.9 Å². The summed E-state index contributed by atoms with van der Waals surface area (Å²) < 4.78 is 55.5. The van der Waals surface area contributed by atoms with Crippen molar-refractivity contribution in [3.8, 4) is 0 Å². The van der Waals surface area contributed by atoms with E-state index < -0.39 is 34.2 Å². The van der Waals surface area contributed by atoms with Crippen LogP contribution in [0.4, 0.5) is 31.9 Å². The van der Waals surface area contributed by atoms with E-state index in [4.69, 9.17) is 0 Å². The molecule has 0 unspecified atom stereocenters. The molecule has 1 aliphatic carbocycles. The Morgan fingerprint density at radius 2 is 1.60 bits per heavy atom. The number of carbonyl (C=O) groups excluding carboxylic acids is 1. The van der Waals surface area contributed by atoms with Crippen LogP contribution in [0.1, 0.15) is 54.6 Å². The number of anilines is 4. The predicted molar refractivity (Wildman–Crippen MR) is 163 cm³/mol. The average Bonchev–Trinajstić information content (AvgIpc) is 3.71. The van der Waals surface area contributed by atoms with Crippen molar-refractivity contribution >= 4 is 49.8 Å². The van der Waals surface area contributed by atoms with E-state index in [1.807, 2.05) is 0 Å². The molecule has 1 spiro atoms. The number of alkyl halides is 2. The average molecular weight is 615 g/mol. The summed E-state index contributed by atoms with van der Waals surface area (Å²) in [5.74, 6) is -3.04. The highest BCUT2D eigenvalue weighted by Crippen LogP contribution is 2.54. The van der Waals surface area contributed by atoms with Gasteiger partial charge in [-0.2, -0.15) is 4.98 Å². The van der Waals surface area contributed by atoms with Crippen molar-refractivity contribution in [3.63, 3.8) is 0 Å². The number of nitrogens with one attached hydrogen (secondary N) is 2. The molecule has 230 valence electrons. The minimum Gasteiger partial charge on any atom is -0.395 e. The quantitative estimate of drug-likeness (QED) is 0.338. The van der Waals surface area contributed by atoms with Crippen molar-refractivity contribution in [3.05, 3.63) is 47.7 Å². The van der Waals surface area contributed by atoms with Crippen molar-refractivity contribution in [2.24, 2.45) is 5.41 Å². The molecule has 0 bridgehead atoms. The molecule has 3 aromatic rings. The predicted octanol–water partition coefficient (Wildman–Crippen LogP) is 4.54. The van der Waals surface area contributed by atoms with Crippen LogP contribution in [-0.2, 0) is 10.0 Å².